The first-order valence-corrected chi connectivity index (χ1v) is 20.3. The van der Waals surface area contributed by atoms with Gasteiger partial charge in [-0.2, -0.15) is 0 Å². The molecular weight excluding hydrogens is 661 g/mol. The summed E-state index contributed by atoms with van der Waals surface area (Å²) in [5, 5.41) is -2.69. The average molecular weight is 707 g/mol. The number of hydrogen-bond acceptors (Lipinski definition) is 4. The molecular formula is C42H46N2O4S2. The Kier molecular flexibility index (Phi) is 11.1. The molecule has 0 spiro atoms. The zero-order valence-corrected chi connectivity index (χ0v) is 31.3. The fraction of sp³-hybridized carbons (Fsp3) is 0.381. The fourth-order valence-corrected chi connectivity index (χ4v) is 9.42. The molecule has 2 atom stereocenters. The van der Waals surface area contributed by atoms with Crippen molar-refractivity contribution in [1.82, 2.24) is 0 Å². The van der Waals surface area contributed by atoms with E-state index in [1.54, 1.807) is 48.5 Å². The molecule has 4 aromatic carbocycles. The van der Waals surface area contributed by atoms with E-state index in [-0.39, 0.29) is 28.0 Å². The highest BCUT2D eigenvalue weighted by molar-refractivity contribution is 7.92. The summed E-state index contributed by atoms with van der Waals surface area (Å²) in [5.74, 6) is 0. The summed E-state index contributed by atoms with van der Waals surface area (Å²) in [6.07, 6.45) is 4.68. The van der Waals surface area contributed by atoms with Gasteiger partial charge in [0.1, 0.15) is 0 Å². The molecule has 0 aromatic heterocycles. The molecule has 0 N–H and O–H groups in total. The van der Waals surface area contributed by atoms with Crippen LogP contribution in [0.3, 0.4) is 0 Å². The van der Waals surface area contributed by atoms with Crippen molar-refractivity contribution in [3.05, 3.63) is 152 Å². The van der Waals surface area contributed by atoms with Gasteiger partial charge >= 0.3 is 10.7 Å². The van der Waals surface area contributed by atoms with E-state index < -0.39 is 30.4 Å². The molecule has 0 amide bonds. The Labute approximate surface area is 299 Å². The lowest BCUT2D eigenvalue weighted by molar-refractivity contribution is 0.586. The van der Waals surface area contributed by atoms with Gasteiger partial charge in [0.2, 0.25) is 0 Å². The molecule has 0 fully saturated rings. The molecule has 8 heteroatoms. The maximum Gasteiger partial charge on any atom is 0.329 e. The standard InChI is InChI=1S/C42H46N2O4S2/c1-29-14-18-38(19-15-29)49(45,46)40(43-6)27-35-26-36(28-41(44-7)50(47,48)39-20-16-30(2)17-21-39)34-13-9-11-32-22-31(10-8-12-33(35)25-34)23-37(24-32)42(3,4)5/h14-26,40-41H,8-13,27-28H2,1-5H3. The van der Waals surface area contributed by atoms with Crippen molar-refractivity contribution >= 4 is 19.7 Å². The molecule has 0 radical (unpaired) electrons. The number of benzene rings is 4. The number of nitrogens with zero attached hydrogens (tertiary/aromatic N) is 2. The Morgan fingerprint density at radius 2 is 1.00 bits per heavy atom. The second kappa shape index (κ2) is 14.9. The Hall–Kier alpha value is -4.24. The van der Waals surface area contributed by atoms with Crippen molar-refractivity contribution in [1.29, 1.82) is 0 Å². The zero-order chi connectivity index (χ0) is 36.3. The summed E-state index contributed by atoms with van der Waals surface area (Å²) in [6, 6.07) is 24.0. The van der Waals surface area contributed by atoms with Gasteiger partial charge in [-0.25, -0.2) is 30.0 Å². The first-order valence-electron chi connectivity index (χ1n) is 17.2. The van der Waals surface area contributed by atoms with E-state index in [2.05, 4.69) is 54.7 Å². The van der Waals surface area contributed by atoms with Gasteiger partial charge in [-0.1, -0.05) is 86.5 Å². The molecule has 0 aliphatic heterocycles. The van der Waals surface area contributed by atoms with Gasteiger partial charge in [-0.05, 0) is 121 Å². The topological polar surface area (TPSA) is 77.0 Å². The maximum absolute atomic E-state index is 13.8. The van der Waals surface area contributed by atoms with Crippen LogP contribution >= 0.6 is 0 Å². The van der Waals surface area contributed by atoms with Crippen molar-refractivity contribution in [2.24, 2.45) is 0 Å². The van der Waals surface area contributed by atoms with Crippen LogP contribution in [0, 0.1) is 27.0 Å². The minimum atomic E-state index is -3.98. The van der Waals surface area contributed by atoms with Crippen LogP contribution in [0.4, 0.5) is 0 Å². The number of rotatable bonds is 8. The Balaban J connectivity index is 1.58. The largest absolute Gasteiger partial charge is 0.329 e. The van der Waals surface area contributed by atoms with Crippen molar-refractivity contribution in [3.8, 4) is 0 Å². The molecule has 6 nitrogen and oxygen atoms in total. The van der Waals surface area contributed by atoms with E-state index in [1.165, 1.54) is 16.7 Å². The van der Waals surface area contributed by atoms with Crippen LogP contribution in [-0.2, 0) is 63.6 Å². The van der Waals surface area contributed by atoms with Crippen LogP contribution in [0.1, 0.15) is 83.7 Å². The molecule has 0 heterocycles. The maximum atomic E-state index is 13.8. The smallest absolute Gasteiger partial charge is 0.296 e. The molecule has 5 rings (SSSR count). The van der Waals surface area contributed by atoms with Crippen molar-refractivity contribution in [3.63, 3.8) is 0 Å². The third kappa shape index (κ3) is 8.37. The van der Waals surface area contributed by atoms with Gasteiger partial charge in [-0.3, -0.25) is 9.69 Å². The van der Waals surface area contributed by atoms with Gasteiger partial charge in [0.25, 0.3) is 19.7 Å². The van der Waals surface area contributed by atoms with E-state index in [9.17, 15) is 16.8 Å². The number of aryl methyl sites for hydroxylation is 6. The fourth-order valence-electron chi connectivity index (χ4n) is 6.68. The molecule has 0 saturated heterocycles. The summed E-state index contributed by atoms with van der Waals surface area (Å²) in [4.78, 5) is 7.48. The van der Waals surface area contributed by atoms with Crippen molar-refractivity contribution < 1.29 is 16.8 Å². The lowest BCUT2D eigenvalue weighted by atomic mass is 9.83. The van der Waals surface area contributed by atoms with Gasteiger partial charge < -0.3 is 0 Å². The van der Waals surface area contributed by atoms with Crippen LogP contribution in [0.15, 0.2) is 88.7 Å². The Morgan fingerprint density at radius 1 is 0.600 bits per heavy atom. The van der Waals surface area contributed by atoms with E-state index in [0.717, 1.165) is 59.1 Å². The lowest BCUT2D eigenvalue weighted by Gasteiger charge is -2.22. The Morgan fingerprint density at radius 3 is 1.36 bits per heavy atom. The quantitative estimate of drug-likeness (QED) is 0.172. The molecule has 260 valence electrons. The molecule has 4 aromatic rings. The van der Waals surface area contributed by atoms with Crippen LogP contribution in [0.25, 0.3) is 9.69 Å². The highest BCUT2D eigenvalue weighted by atomic mass is 32.2. The zero-order valence-electron chi connectivity index (χ0n) is 29.7. The molecule has 0 saturated carbocycles. The van der Waals surface area contributed by atoms with Gasteiger partial charge in [-0.15, -0.1) is 0 Å². The highest BCUT2D eigenvalue weighted by Gasteiger charge is 2.36. The number of hydrogen-bond donors (Lipinski definition) is 0. The third-order valence-corrected chi connectivity index (χ3v) is 13.6. The molecule has 1 aliphatic rings. The van der Waals surface area contributed by atoms with Crippen LogP contribution in [0.2, 0.25) is 0 Å². The second-order valence-corrected chi connectivity index (χ2v) is 18.9. The lowest BCUT2D eigenvalue weighted by Crippen LogP contribution is -2.23. The van der Waals surface area contributed by atoms with E-state index >= 15 is 0 Å². The van der Waals surface area contributed by atoms with E-state index in [1.807, 2.05) is 19.9 Å². The summed E-state index contributed by atoms with van der Waals surface area (Å²) >= 11 is 0. The predicted molar refractivity (Wildman–Crippen MR) is 201 cm³/mol. The molecule has 50 heavy (non-hydrogen) atoms. The van der Waals surface area contributed by atoms with Gasteiger partial charge in [0.15, 0.2) is 0 Å². The highest BCUT2D eigenvalue weighted by Crippen LogP contribution is 2.31. The molecule has 2 unspecified atom stereocenters. The summed E-state index contributed by atoms with van der Waals surface area (Å²) in [7, 11) is -7.96. The summed E-state index contributed by atoms with van der Waals surface area (Å²) < 4.78 is 55.1. The normalized spacial score (nSPS) is 15.1. The number of fused-ring (bicyclic) bond motifs is 4. The number of sulfone groups is 2. The first-order chi connectivity index (χ1) is 23.6. The third-order valence-electron chi connectivity index (χ3n) is 9.76. The van der Waals surface area contributed by atoms with Crippen LogP contribution in [0.5, 0.6) is 0 Å². The first kappa shape index (κ1) is 37.0. The van der Waals surface area contributed by atoms with E-state index in [4.69, 9.17) is 13.1 Å². The summed E-state index contributed by atoms with van der Waals surface area (Å²) in [6.45, 7) is 26.4. The Bertz CT molecular complexity index is 2020. The molecule has 1 aliphatic carbocycles. The van der Waals surface area contributed by atoms with Crippen LogP contribution in [-0.4, -0.2) is 27.6 Å². The SMILES string of the molecule is [C-]#[N+]C(Cc1cc(CC([N+]#[C-])S(=O)(=O)c2ccc(C)cc2)c2cc1CCCc1cc(cc(C(C)(C)C)c1)CCC2)S(=O)(=O)c1ccc(C)cc1. The summed E-state index contributed by atoms with van der Waals surface area (Å²) in [5.41, 5.74) is 9.11. The van der Waals surface area contributed by atoms with Gasteiger partial charge in [0, 0.05) is 0 Å². The van der Waals surface area contributed by atoms with Crippen molar-refractivity contribution in [2.45, 2.75) is 112 Å². The van der Waals surface area contributed by atoms with E-state index in [0.29, 0.717) is 12.8 Å². The van der Waals surface area contributed by atoms with Gasteiger partial charge in [0.05, 0.1) is 22.6 Å². The minimum absolute atomic E-state index is 0.00188. The second-order valence-electron chi connectivity index (χ2n) is 14.7. The molecule has 4 bridgehead atoms. The predicted octanol–water partition coefficient (Wildman–Crippen LogP) is 8.79. The van der Waals surface area contributed by atoms with Crippen molar-refractivity contribution in [2.75, 3.05) is 0 Å². The minimum Gasteiger partial charge on any atom is -0.296 e. The van der Waals surface area contributed by atoms with Crippen LogP contribution < -0.4 is 0 Å². The monoisotopic (exact) mass is 706 g/mol. The average Bonchev–Trinajstić information content (AvgIpc) is 3.06.